The maximum atomic E-state index is 2.43. The van der Waals surface area contributed by atoms with Gasteiger partial charge in [-0.3, -0.25) is 0 Å². The van der Waals surface area contributed by atoms with Crippen molar-refractivity contribution in [3.05, 3.63) is 35.4 Å². The van der Waals surface area contributed by atoms with Crippen LogP contribution >= 0.6 is 0 Å². The number of aryl methyl sites for hydroxylation is 1. The normalized spacial score (nSPS) is 26.3. The molecule has 0 bridgehead atoms. The largest absolute Gasteiger partial charge is 0.0654 e. The summed E-state index contributed by atoms with van der Waals surface area (Å²) in [4.78, 5) is 0. The van der Waals surface area contributed by atoms with E-state index in [1.165, 1.54) is 83.5 Å². The molecule has 1 aromatic carbocycles. The van der Waals surface area contributed by atoms with Crippen molar-refractivity contribution in [1.82, 2.24) is 0 Å². The molecule has 1 aromatic rings. The van der Waals surface area contributed by atoms with Crippen LogP contribution in [0.1, 0.15) is 101 Å². The van der Waals surface area contributed by atoms with Gasteiger partial charge in [0.25, 0.3) is 0 Å². The smallest absolute Gasteiger partial charge is 0.0162 e. The molecule has 0 aromatic heterocycles. The maximum absolute atomic E-state index is 2.43. The molecular weight excluding hydrogens is 276 g/mol. The van der Waals surface area contributed by atoms with Crippen LogP contribution in [0.3, 0.4) is 0 Å². The first-order valence-corrected chi connectivity index (χ1v) is 10.4. The summed E-state index contributed by atoms with van der Waals surface area (Å²) in [6.07, 6.45) is 18.7. The van der Waals surface area contributed by atoms with Gasteiger partial charge in [0.05, 0.1) is 0 Å². The summed E-state index contributed by atoms with van der Waals surface area (Å²) in [6, 6.07) is 9.71. The molecule has 0 atom stereocenters. The highest BCUT2D eigenvalue weighted by molar-refractivity contribution is 5.25. The second-order valence-corrected chi connectivity index (χ2v) is 8.29. The van der Waals surface area contributed by atoms with Crippen molar-refractivity contribution in [2.75, 3.05) is 0 Å². The monoisotopic (exact) mass is 312 g/mol. The molecule has 0 nitrogen and oxygen atoms in total. The standard InChI is InChI=1S/C23H36/c1-2-6-19-9-11-20(12-10-19)13-14-21-15-17-23(18-16-21)22-7-4-3-5-8-22/h15-20,22H,2-14H2,1H3/t19-,20-. The van der Waals surface area contributed by atoms with Crippen LogP contribution in [0.25, 0.3) is 0 Å². The van der Waals surface area contributed by atoms with Crippen LogP contribution in [0.2, 0.25) is 0 Å². The van der Waals surface area contributed by atoms with E-state index in [0.29, 0.717) is 0 Å². The van der Waals surface area contributed by atoms with Gasteiger partial charge in [0, 0.05) is 0 Å². The molecule has 0 radical (unpaired) electrons. The van der Waals surface area contributed by atoms with Crippen molar-refractivity contribution >= 4 is 0 Å². The lowest BCUT2D eigenvalue weighted by Gasteiger charge is -2.28. The van der Waals surface area contributed by atoms with E-state index in [-0.39, 0.29) is 0 Å². The van der Waals surface area contributed by atoms with Crippen molar-refractivity contribution in [3.63, 3.8) is 0 Å². The highest BCUT2D eigenvalue weighted by atomic mass is 14.3. The summed E-state index contributed by atoms with van der Waals surface area (Å²) in [5, 5.41) is 0. The third-order valence-corrected chi connectivity index (χ3v) is 6.56. The molecule has 2 aliphatic carbocycles. The van der Waals surface area contributed by atoms with Gasteiger partial charge < -0.3 is 0 Å². The van der Waals surface area contributed by atoms with Crippen LogP contribution in [-0.2, 0) is 6.42 Å². The highest BCUT2D eigenvalue weighted by Gasteiger charge is 2.20. The van der Waals surface area contributed by atoms with Crippen LogP contribution in [0, 0.1) is 11.8 Å². The Bertz CT molecular complexity index is 430. The van der Waals surface area contributed by atoms with Gasteiger partial charge in [0.1, 0.15) is 0 Å². The van der Waals surface area contributed by atoms with Gasteiger partial charge in [-0.05, 0) is 54.6 Å². The Kier molecular flexibility index (Phi) is 6.60. The van der Waals surface area contributed by atoms with Crippen molar-refractivity contribution in [1.29, 1.82) is 0 Å². The van der Waals surface area contributed by atoms with E-state index in [2.05, 4.69) is 31.2 Å². The molecule has 128 valence electrons. The van der Waals surface area contributed by atoms with Crippen LogP contribution in [0.5, 0.6) is 0 Å². The number of rotatable bonds is 6. The average Bonchev–Trinajstić information content (AvgIpc) is 2.63. The van der Waals surface area contributed by atoms with Gasteiger partial charge in [0.15, 0.2) is 0 Å². The van der Waals surface area contributed by atoms with Gasteiger partial charge in [-0.15, -0.1) is 0 Å². The third kappa shape index (κ3) is 5.10. The summed E-state index contributed by atoms with van der Waals surface area (Å²) in [6.45, 7) is 2.34. The van der Waals surface area contributed by atoms with E-state index in [1.807, 2.05) is 0 Å². The second-order valence-electron chi connectivity index (χ2n) is 8.29. The first-order valence-electron chi connectivity index (χ1n) is 10.4. The maximum Gasteiger partial charge on any atom is -0.0162 e. The third-order valence-electron chi connectivity index (χ3n) is 6.56. The van der Waals surface area contributed by atoms with Crippen molar-refractivity contribution in [2.45, 2.75) is 96.3 Å². The molecule has 2 saturated carbocycles. The van der Waals surface area contributed by atoms with Gasteiger partial charge >= 0.3 is 0 Å². The quantitative estimate of drug-likeness (QED) is 0.518. The van der Waals surface area contributed by atoms with Crippen LogP contribution in [-0.4, -0.2) is 0 Å². The molecular formula is C23H36. The highest BCUT2D eigenvalue weighted by Crippen LogP contribution is 2.35. The van der Waals surface area contributed by atoms with Crippen LogP contribution in [0.4, 0.5) is 0 Å². The second kappa shape index (κ2) is 8.90. The van der Waals surface area contributed by atoms with Gasteiger partial charge in [-0.2, -0.15) is 0 Å². The Morgan fingerprint density at radius 1 is 0.739 bits per heavy atom. The summed E-state index contributed by atoms with van der Waals surface area (Å²) in [7, 11) is 0. The van der Waals surface area contributed by atoms with Crippen molar-refractivity contribution in [2.24, 2.45) is 11.8 Å². The molecule has 0 heteroatoms. The number of benzene rings is 1. The predicted molar refractivity (Wildman–Crippen MR) is 101 cm³/mol. The summed E-state index contributed by atoms with van der Waals surface area (Å²) in [5.74, 6) is 2.90. The molecule has 3 rings (SSSR count). The Balaban J connectivity index is 1.42. The molecule has 0 spiro atoms. The molecule has 23 heavy (non-hydrogen) atoms. The van der Waals surface area contributed by atoms with Gasteiger partial charge in [0.2, 0.25) is 0 Å². The first kappa shape index (κ1) is 17.1. The Morgan fingerprint density at radius 3 is 1.96 bits per heavy atom. The molecule has 0 amide bonds. The number of hydrogen-bond acceptors (Lipinski definition) is 0. The molecule has 0 heterocycles. The zero-order valence-corrected chi connectivity index (χ0v) is 15.2. The SMILES string of the molecule is CCC[C@H]1CC[C@H](CCc2ccc(C3CCCCC3)cc2)CC1. The fourth-order valence-corrected chi connectivity index (χ4v) is 4.98. The average molecular weight is 313 g/mol. The first-order chi connectivity index (χ1) is 11.3. The van der Waals surface area contributed by atoms with Crippen LogP contribution in [0.15, 0.2) is 24.3 Å². The molecule has 0 unspecified atom stereocenters. The van der Waals surface area contributed by atoms with Gasteiger partial charge in [-0.25, -0.2) is 0 Å². The molecule has 0 aliphatic heterocycles. The lowest BCUT2D eigenvalue weighted by atomic mass is 9.78. The van der Waals surface area contributed by atoms with E-state index in [4.69, 9.17) is 0 Å². The molecule has 2 fully saturated rings. The topological polar surface area (TPSA) is 0 Å². The summed E-state index contributed by atoms with van der Waals surface area (Å²) >= 11 is 0. The van der Waals surface area contributed by atoms with Crippen molar-refractivity contribution < 1.29 is 0 Å². The molecule has 0 saturated heterocycles. The minimum atomic E-state index is 0.853. The van der Waals surface area contributed by atoms with E-state index in [9.17, 15) is 0 Å². The Hall–Kier alpha value is -0.780. The zero-order chi connectivity index (χ0) is 15.9. The minimum absolute atomic E-state index is 0.853. The lowest BCUT2D eigenvalue weighted by molar-refractivity contribution is 0.252. The summed E-state index contributed by atoms with van der Waals surface area (Å²) in [5.41, 5.74) is 3.17. The minimum Gasteiger partial charge on any atom is -0.0654 e. The molecule has 2 aliphatic rings. The predicted octanol–water partition coefficient (Wildman–Crippen LogP) is 7.27. The van der Waals surface area contributed by atoms with E-state index in [0.717, 1.165) is 17.8 Å². The number of hydrogen-bond donors (Lipinski definition) is 0. The Labute approximate surface area is 144 Å². The van der Waals surface area contributed by atoms with Gasteiger partial charge in [-0.1, -0.05) is 89.0 Å². The van der Waals surface area contributed by atoms with E-state index < -0.39 is 0 Å². The van der Waals surface area contributed by atoms with E-state index in [1.54, 1.807) is 11.1 Å². The fraction of sp³-hybridized carbons (Fsp3) is 0.739. The van der Waals surface area contributed by atoms with E-state index >= 15 is 0 Å². The van der Waals surface area contributed by atoms with Crippen LogP contribution < -0.4 is 0 Å². The zero-order valence-electron chi connectivity index (χ0n) is 15.2. The fourth-order valence-electron chi connectivity index (χ4n) is 4.98. The molecule has 0 N–H and O–H groups in total. The summed E-state index contributed by atoms with van der Waals surface area (Å²) < 4.78 is 0. The Morgan fingerprint density at radius 2 is 1.35 bits per heavy atom. The van der Waals surface area contributed by atoms with Crippen molar-refractivity contribution in [3.8, 4) is 0 Å². The lowest BCUT2D eigenvalue weighted by Crippen LogP contribution is -2.15.